The first-order chi connectivity index (χ1) is 5.43. The highest BCUT2D eigenvalue weighted by Gasteiger charge is 2.10. The molecular formula is C9H19NSi. The lowest BCUT2D eigenvalue weighted by Crippen LogP contribution is -2.26. The number of rotatable bonds is 3. The summed E-state index contributed by atoms with van der Waals surface area (Å²) in [6.07, 6.45) is 11.5. The molecule has 1 saturated carbocycles. The van der Waals surface area contributed by atoms with E-state index in [-0.39, 0.29) is 0 Å². The Balaban J connectivity index is 2.09. The second-order valence-corrected chi connectivity index (χ2v) is 4.13. The van der Waals surface area contributed by atoms with Gasteiger partial charge in [-0.1, -0.05) is 25.3 Å². The Morgan fingerprint density at radius 1 is 1.27 bits per heavy atom. The highest BCUT2D eigenvalue weighted by Crippen LogP contribution is 2.17. The lowest BCUT2D eigenvalue weighted by Gasteiger charge is -2.21. The summed E-state index contributed by atoms with van der Waals surface area (Å²) in [5, 5.41) is 3.46. The van der Waals surface area contributed by atoms with Crippen molar-refractivity contribution < 1.29 is 0 Å². The molecular weight excluding hydrogens is 150 g/mol. The van der Waals surface area contributed by atoms with Crippen LogP contribution in [0, 0.1) is 0 Å². The standard InChI is InChI=1S/C9H19NSi/c11-8-4-7-10-9-5-2-1-3-6-9/h4,7,9-10H,1-3,5-6,8H2,11H3. The van der Waals surface area contributed by atoms with Gasteiger partial charge >= 0.3 is 0 Å². The Hall–Kier alpha value is -0.243. The van der Waals surface area contributed by atoms with E-state index in [1.807, 2.05) is 0 Å². The van der Waals surface area contributed by atoms with E-state index in [1.54, 1.807) is 0 Å². The predicted molar refractivity (Wildman–Crippen MR) is 53.9 cm³/mol. The van der Waals surface area contributed by atoms with Crippen LogP contribution in [0.3, 0.4) is 0 Å². The number of allylic oxidation sites excluding steroid dienone is 1. The average Bonchev–Trinajstić information content (AvgIpc) is 2.07. The maximum atomic E-state index is 3.46. The maximum Gasteiger partial charge on any atom is 0.0255 e. The molecule has 1 nitrogen and oxygen atoms in total. The van der Waals surface area contributed by atoms with E-state index in [1.165, 1.54) is 48.4 Å². The molecule has 0 aromatic carbocycles. The molecule has 0 amide bonds. The fraction of sp³-hybridized carbons (Fsp3) is 0.778. The molecule has 0 saturated heterocycles. The second-order valence-electron chi connectivity index (χ2n) is 3.31. The van der Waals surface area contributed by atoms with Crippen molar-refractivity contribution in [1.82, 2.24) is 5.32 Å². The van der Waals surface area contributed by atoms with Crippen LogP contribution in [0.25, 0.3) is 0 Å². The smallest absolute Gasteiger partial charge is 0.0255 e. The number of hydrogen-bond donors (Lipinski definition) is 1. The van der Waals surface area contributed by atoms with Gasteiger partial charge in [-0.3, -0.25) is 0 Å². The summed E-state index contributed by atoms with van der Waals surface area (Å²) < 4.78 is 0. The highest BCUT2D eigenvalue weighted by molar-refractivity contribution is 6.09. The summed E-state index contributed by atoms with van der Waals surface area (Å²) in [6.45, 7) is 0. The van der Waals surface area contributed by atoms with E-state index in [2.05, 4.69) is 17.6 Å². The van der Waals surface area contributed by atoms with Crippen LogP contribution in [0.15, 0.2) is 12.3 Å². The molecule has 0 aromatic rings. The second kappa shape index (κ2) is 5.41. The first kappa shape index (κ1) is 8.85. The summed E-state index contributed by atoms with van der Waals surface area (Å²) in [4.78, 5) is 0. The summed E-state index contributed by atoms with van der Waals surface area (Å²) in [5.74, 6) is 0. The first-order valence-electron chi connectivity index (χ1n) is 4.84. The van der Waals surface area contributed by atoms with Crippen molar-refractivity contribution in [2.45, 2.75) is 44.2 Å². The largest absolute Gasteiger partial charge is 0.388 e. The van der Waals surface area contributed by atoms with Crippen LogP contribution >= 0.6 is 0 Å². The molecule has 64 valence electrons. The van der Waals surface area contributed by atoms with E-state index in [4.69, 9.17) is 0 Å². The van der Waals surface area contributed by atoms with Gasteiger partial charge in [-0.05, 0) is 25.1 Å². The van der Waals surface area contributed by atoms with Gasteiger partial charge in [-0.2, -0.15) is 0 Å². The molecule has 0 radical (unpaired) electrons. The minimum absolute atomic E-state index is 0.785. The third-order valence-electron chi connectivity index (χ3n) is 2.29. The summed E-state index contributed by atoms with van der Waals surface area (Å²) >= 11 is 0. The van der Waals surface area contributed by atoms with Crippen LogP contribution in [0.1, 0.15) is 32.1 Å². The van der Waals surface area contributed by atoms with Crippen molar-refractivity contribution in [3.8, 4) is 0 Å². The Morgan fingerprint density at radius 2 is 2.00 bits per heavy atom. The van der Waals surface area contributed by atoms with Crippen molar-refractivity contribution in [3.63, 3.8) is 0 Å². The summed E-state index contributed by atoms with van der Waals surface area (Å²) in [5.41, 5.74) is 0. The fourth-order valence-corrected chi connectivity index (χ4v) is 1.83. The van der Waals surface area contributed by atoms with Crippen LogP contribution in [0.5, 0.6) is 0 Å². The van der Waals surface area contributed by atoms with Crippen molar-refractivity contribution in [2.75, 3.05) is 0 Å². The van der Waals surface area contributed by atoms with Gasteiger partial charge in [0.1, 0.15) is 0 Å². The minimum Gasteiger partial charge on any atom is -0.388 e. The molecule has 0 unspecified atom stereocenters. The monoisotopic (exact) mass is 169 g/mol. The third kappa shape index (κ3) is 3.61. The molecule has 0 spiro atoms. The molecule has 0 heterocycles. The van der Waals surface area contributed by atoms with Crippen LogP contribution in [0.2, 0.25) is 6.04 Å². The molecule has 0 bridgehead atoms. The molecule has 1 aliphatic rings. The van der Waals surface area contributed by atoms with Crippen LogP contribution < -0.4 is 5.32 Å². The van der Waals surface area contributed by atoms with Crippen LogP contribution in [0.4, 0.5) is 0 Å². The predicted octanol–water partition coefficient (Wildman–Crippen LogP) is 1.21. The summed E-state index contributed by atoms with van der Waals surface area (Å²) in [6, 6.07) is 2.06. The van der Waals surface area contributed by atoms with Gasteiger partial charge in [-0.15, -0.1) is 0 Å². The van der Waals surface area contributed by atoms with Gasteiger partial charge in [0.25, 0.3) is 0 Å². The van der Waals surface area contributed by atoms with Gasteiger partial charge in [0.2, 0.25) is 0 Å². The first-order valence-corrected chi connectivity index (χ1v) is 6.26. The zero-order chi connectivity index (χ0) is 7.94. The normalized spacial score (nSPS) is 21.1. The van der Waals surface area contributed by atoms with Gasteiger partial charge in [-0.25, -0.2) is 0 Å². The zero-order valence-electron chi connectivity index (χ0n) is 7.47. The SMILES string of the molecule is [SiH3]CC=CNC1CCCCC1. The van der Waals surface area contributed by atoms with E-state index in [9.17, 15) is 0 Å². The van der Waals surface area contributed by atoms with Gasteiger partial charge in [0.15, 0.2) is 0 Å². The van der Waals surface area contributed by atoms with E-state index in [0.717, 1.165) is 6.04 Å². The number of hydrogen-bond acceptors (Lipinski definition) is 1. The van der Waals surface area contributed by atoms with Crippen LogP contribution in [-0.2, 0) is 0 Å². The van der Waals surface area contributed by atoms with E-state index in [0.29, 0.717) is 0 Å². The van der Waals surface area contributed by atoms with E-state index >= 15 is 0 Å². The van der Waals surface area contributed by atoms with Gasteiger partial charge in [0, 0.05) is 16.3 Å². The van der Waals surface area contributed by atoms with Crippen molar-refractivity contribution in [3.05, 3.63) is 12.3 Å². The molecule has 2 heteroatoms. The molecule has 0 aromatic heterocycles. The molecule has 11 heavy (non-hydrogen) atoms. The topological polar surface area (TPSA) is 12.0 Å². The van der Waals surface area contributed by atoms with Gasteiger partial charge in [0.05, 0.1) is 0 Å². The molecule has 1 N–H and O–H groups in total. The lowest BCUT2D eigenvalue weighted by atomic mass is 9.96. The van der Waals surface area contributed by atoms with Crippen molar-refractivity contribution in [2.24, 2.45) is 0 Å². The Morgan fingerprint density at radius 3 is 2.64 bits per heavy atom. The quantitative estimate of drug-likeness (QED) is 0.626. The fourth-order valence-electron chi connectivity index (χ4n) is 1.59. The van der Waals surface area contributed by atoms with Crippen molar-refractivity contribution >= 4 is 10.2 Å². The zero-order valence-corrected chi connectivity index (χ0v) is 9.47. The third-order valence-corrected chi connectivity index (χ3v) is 2.76. The molecule has 1 aliphatic carbocycles. The Kier molecular flexibility index (Phi) is 4.35. The Bertz CT molecular complexity index is 117. The lowest BCUT2D eigenvalue weighted by molar-refractivity contribution is 0.404. The minimum atomic E-state index is 0.785. The van der Waals surface area contributed by atoms with Crippen molar-refractivity contribution in [1.29, 1.82) is 0 Å². The van der Waals surface area contributed by atoms with E-state index < -0.39 is 0 Å². The summed E-state index contributed by atoms with van der Waals surface area (Å²) in [7, 11) is 1.29. The average molecular weight is 169 g/mol. The highest BCUT2D eigenvalue weighted by atomic mass is 28.1. The van der Waals surface area contributed by atoms with Gasteiger partial charge < -0.3 is 5.32 Å². The molecule has 0 atom stereocenters. The maximum absolute atomic E-state index is 3.46. The Labute approximate surface area is 72.7 Å². The molecule has 0 aliphatic heterocycles. The number of nitrogens with one attached hydrogen (secondary N) is 1. The van der Waals surface area contributed by atoms with Crippen LogP contribution in [-0.4, -0.2) is 16.3 Å². The molecule has 1 fully saturated rings. The molecule has 1 rings (SSSR count).